The molecule has 0 N–H and O–H groups in total. The van der Waals surface area contributed by atoms with Crippen molar-refractivity contribution in [2.45, 2.75) is 24.3 Å². The third-order valence-corrected chi connectivity index (χ3v) is 6.91. The first-order chi connectivity index (χ1) is 12.9. The molecule has 7 heteroatoms. The fraction of sp³-hybridized carbons (Fsp3) is 0.150. The minimum Gasteiger partial charge on any atom is -0.207 e. The molecule has 1 aliphatic rings. The number of hydrogen-bond acceptors (Lipinski definition) is 4. The molecular weight excluding hydrogens is 383 g/mol. The largest absolute Gasteiger partial charge is 0.279 e. The molecular formula is C20H17FN2O2S2. The van der Waals surface area contributed by atoms with Crippen LogP contribution in [-0.2, 0) is 10.0 Å². The summed E-state index contributed by atoms with van der Waals surface area (Å²) in [6.07, 6.45) is 0.394. The Balaban J connectivity index is 1.80. The Morgan fingerprint density at radius 3 is 2.59 bits per heavy atom. The summed E-state index contributed by atoms with van der Waals surface area (Å²) in [6, 6.07) is 14.0. The van der Waals surface area contributed by atoms with Crippen LogP contribution < -0.4 is 0 Å². The molecule has 3 aromatic rings. The van der Waals surface area contributed by atoms with E-state index < -0.39 is 21.9 Å². The highest BCUT2D eigenvalue weighted by Gasteiger charge is 2.37. The van der Waals surface area contributed by atoms with Crippen molar-refractivity contribution in [3.63, 3.8) is 0 Å². The number of rotatable bonds is 4. The highest BCUT2D eigenvalue weighted by molar-refractivity contribution is 7.89. The lowest BCUT2D eigenvalue weighted by molar-refractivity contribution is 0.370. The Kier molecular flexibility index (Phi) is 4.57. The molecule has 2 aromatic carbocycles. The van der Waals surface area contributed by atoms with E-state index in [1.165, 1.54) is 23.5 Å². The second-order valence-electron chi connectivity index (χ2n) is 6.42. The quantitative estimate of drug-likeness (QED) is 0.635. The summed E-state index contributed by atoms with van der Waals surface area (Å²) in [5.41, 5.74) is 3.13. The van der Waals surface area contributed by atoms with Gasteiger partial charge in [-0.25, -0.2) is 4.39 Å². The van der Waals surface area contributed by atoms with Gasteiger partial charge >= 0.3 is 0 Å². The molecule has 4 rings (SSSR count). The predicted octanol–water partition coefficient (Wildman–Crippen LogP) is 4.74. The van der Waals surface area contributed by atoms with E-state index in [0.717, 1.165) is 15.5 Å². The van der Waals surface area contributed by atoms with Crippen LogP contribution in [0.3, 0.4) is 0 Å². The zero-order valence-corrected chi connectivity index (χ0v) is 16.2. The predicted molar refractivity (Wildman–Crippen MR) is 105 cm³/mol. The molecule has 0 unspecified atom stereocenters. The highest BCUT2D eigenvalue weighted by atomic mass is 32.2. The van der Waals surface area contributed by atoms with Crippen LogP contribution in [0.1, 0.15) is 29.2 Å². The Morgan fingerprint density at radius 2 is 1.93 bits per heavy atom. The third kappa shape index (κ3) is 3.40. The van der Waals surface area contributed by atoms with Crippen LogP contribution in [0, 0.1) is 12.7 Å². The molecule has 2 heterocycles. The fourth-order valence-corrected chi connectivity index (χ4v) is 5.19. The number of aryl methyl sites for hydroxylation is 1. The van der Waals surface area contributed by atoms with E-state index in [1.54, 1.807) is 36.4 Å². The van der Waals surface area contributed by atoms with Gasteiger partial charge in [-0.05, 0) is 53.6 Å². The van der Waals surface area contributed by atoms with Crippen molar-refractivity contribution in [3.05, 3.63) is 87.9 Å². The molecule has 138 valence electrons. The fourth-order valence-electron chi connectivity index (χ4n) is 3.09. The van der Waals surface area contributed by atoms with E-state index in [4.69, 9.17) is 0 Å². The van der Waals surface area contributed by atoms with Gasteiger partial charge in [0.2, 0.25) is 0 Å². The normalized spacial score (nSPS) is 17.2. The minimum atomic E-state index is -3.86. The monoisotopic (exact) mass is 400 g/mol. The summed E-state index contributed by atoms with van der Waals surface area (Å²) in [6.45, 7) is 1.90. The number of halogens is 1. The van der Waals surface area contributed by atoms with Crippen molar-refractivity contribution in [2.24, 2.45) is 5.10 Å². The average Bonchev–Trinajstić information content (AvgIpc) is 3.32. The zero-order chi connectivity index (χ0) is 19.0. The average molecular weight is 401 g/mol. The highest BCUT2D eigenvalue weighted by Crippen LogP contribution is 2.37. The Morgan fingerprint density at radius 1 is 1.15 bits per heavy atom. The number of thiophene rings is 1. The molecule has 0 fully saturated rings. The zero-order valence-electron chi connectivity index (χ0n) is 14.5. The van der Waals surface area contributed by atoms with E-state index in [9.17, 15) is 12.8 Å². The first-order valence-electron chi connectivity index (χ1n) is 8.42. The summed E-state index contributed by atoms with van der Waals surface area (Å²) in [4.78, 5) is 0.171. The SMILES string of the molecule is Cc1ccc(S(=O)(=O)N2N=C(c3ccsc3)C[C@H]2c2cccc(F)c2)cc1. The topological polar surface area (TPSA) is 49.7 Å². The molecule has 0 aliphatic carbocycles. The first kappa shape index (κ1) is 17.9. The molecule has 0 radical (unpaired) electrons. The lowest BCUT2D eigenvalue weighted by Gasteiger charge is -2.23. The van der Waals surface area contributed by atoms with E-state index in [0.29, 0.717) is 17.7 Å². The van der Waals surface area contributed by atoms with E-state index >= 15 is 0 Å². The van der Waals surface area contributed by atoms with Gasteiger partial charge in [0.25, 0.3) is 10.0 Å². The van der Waals surface area contributed by atoms with Gasteiger partial charge in [0, 0.05) is 12.0 Å². The van der Waals surface area contributed by atoms with Crippen molar-refractivity contribution >= 4 is 27.1 Å². The van der Waals surface area contributed by atoms with Crippen molar-refractivity contribution < 1.29 is 12.8 Å². The summed E-state index contributed by atoms with van der Waals surface area (Å²) in [5.74, 6) is -0.399. The van der Waals surface area contributed by atoms with Crippen LogP contribution in [-0.4, -0.2) is 18.5 Å². The Bertz CT molecular complexity index is 1090. The molecule has 0 spiro atoms. The summed E-state index contributed by atoms with van der Waals surface area (Å²) in [7, 11) is -3.86. The van der Waals surface area contributed by atoms with Crippen molar-refractivity contribution in [1.82, 2.24) is 4.41 Å². The summed E-state index contributed by atoms with van der Waals surface area (Å²) >= 11 is 1.52. The smallest absolute Gasteiger partial charge is 0.207 e. The van der Waals surface area contributed by atoms with Crippen LogP contribution in [0.4, 0.5) is 4.39 Å². The molecule has 1 aromatic heterocycles. The standard InChI is InChI=1S/C20H17FN2O2S2/c1-14-5-7-18(8-6-14)27(24,25)23-20(15-3-2-4-17(21)11-15)12-19(22-23)16-9-10-26-13-16/h2-11,13,20H,12H2,1H3/t20-/m0/s1. The summed E-state index contributed by atoms with van der Waals surface area (Å²) in [5, 5.41) is 8.29. The number of sulfonamides is 1. The maximum Gasteiger partial charge on any atom is 0.279 e. The van der Waals surface area contributed by atoms with Crippen molar-refractivity contribution in [1.29, 1.82) is 0 Å². The van der Waals surface area contributed by atoms with E-state index in [-0.39, 0.29) is 4.90 Å². The Labute approximate surface area is 161 Å². The molecule has 0 bridgehead atoms. The first-order valence-corrected chi connectivity index (χ1v) is 10.8. The van der Waals surface area contributed by atoms with Gasteiger partial charge in [-0.15, -0.1) is 0 Å². The lowest BCUT2D eigenvalue weighted by Crippen LogP contribution is -2.27. The minimum absolute atomic E-state index is 0.171. The van der Waals surface area contributed by atoms with Crippen molar-refractivity contribution in [2.75, 3.05) is 0 Å². The molecule has 1 aliphatic heterocycles. The van der Waals surface area contributed by atoms with Crippen LogP contribution in [0.15, 0.2) is 75.4 Å². The number of benzene rings is 2. The van der Waals surface area contributed by atoms with Gasteiger partial charge in [-0.1, -0.05) is 29.8 Å². The second-order valence-corrected chi connectivity index (χ2v) is 9.00. The van der Waals surface area contributed by atoms with Gasteiger partial charge in [0.15, 0.2) is 0 Å². The third-order valence-electron chi connectivity index (χ3n) is 4.53. The molecule has 1 atom stereocenters. The van der Waals surface area contributed by atoms with Gasteiger partial charge < -0.3 is 0 Å². The molecule has 27 heavy (non-hydrogen) atoms. The number of hydrogen-bond donors (Lipinski definition) is 0. The summed E-state index contributed by atoms with van der Waals surface area (Å²) < 4.78 is 41.4. The van der Waals surface area contributed by atoms with E-state index in [1.807, 2.05) is 23.8 Å². The van der Waals surface area contributed by atoms with E-state index in [2.05, 4.69) is 5.10 Å². The second kappa shape index (κ2) is 6.90. The van der Waals surface area contributed by atoms with Crippen LogP contribution in [0.25, 0.3) is 0 Å². The van der Waals surface area contributed by atoms with Gasteiger partial charge in [-0.2, -0.15) is 29.3 Å². The van der Waals surface area contributed by atoms with Crippen LogP contribution >= 0.6 is 11.3 Å². The molecule has 0 saturated carbocycles. The maximum absolute atomic E-state index is 13.8. The van der Waals surface area contributed by atoms with Crippen LogP contribution in [0.2, 0.25) is 0 Å². The molecule has 0 saturated heterocycles. The molecule has 4 nitrogen and oxygen atoms in total. The molecule has 0 amide bonds. The number of nitrogens with zero attached hydrogens (tertiary/aromatic N) is 2. The number of hydrazone groups is 1. The van der Waals surface area contributed by atoms with Gasteiger partial charge in [0.05, 0.1) is 16.6 Å². The van der Waals surface area contributed by atoms with Gasteiger partial charge in [-0.3, -0.25) is 0 Å². The Hall–Kier alpha value is -2.51. The maximum atomic E-state index is 13.8. The van der Waals surface area contributed by atoms with Crippen molar-refractivity contribution in [3.8, 4) is 0 Å². The van der Waals surface area contributed by atoms with Gasteiger partial charge in [0.1, 0.15) is 5.82 Å². The lowest BCUT2D eigenvalue weighted by atomic mass is 10.0. The van der Waals surface area contributed by atoms with Crippen LogP contribution in [0.5, 0.6) is 0 Å².